The molecule has 0 saturated heterocycles. The van der Waals surface area contributed by atoms with E-state index >= 15 is 0 Å². The molecule has 0 aliphatic heterocycles. The lowest BCUT2D eigenvalue weighted by molar-refractivity contribution is 0.564. The van der Waals surface area contributed by atoms with Crippen molar-refractivity contribution in [2.45, 2.75) is 19.9 Å². The van der Waals surface area contributed by atoms with Gasteiger partial charge >= 0.3 is 0 Å². The molecule has 1 unspecified atom stereocenters. The van der Waals surface area contributed by atoms with E-state index in [1.807, 2.05) is 12.1 Å². The normalized spacial score (nSPS) is 12.9. The van der Waals surface area contributed by atoms with Crippen LogP contribution in [0.5, 0.6) is 0 Å². The van der Waals surface area contributed by atoms with Gasteiger partial charge in [-0.3, -0.25) is 4.98 Å². The standard InChI is InChI=1S/C10H15ClN2/c1-8(2)10(7-11)13-9-3-5-12-6-4-9/h3-6,8,10H,7H2,1-2H3,(H,12,13). The van der Waals surface area contributed by atoms with E-state index in [1.165, 1.54) is 0 Å². The lowest BCUT2D eigenvalue weighted by atomic mass is 10.1. The van der Waals surface area contributed by atoms with Gasteiger partial charge in [-0.15, -0.1) is 11.6 Å². The van der Waals surface area contributed by atoms with Crippen molar-refractivity contribution in [3.05, 3.63) is 24.5 Å². The Morgan fingerprint density at radius 3 is 2.46 bits per heavy atom. The molecule has 0 spiro atoms. The fraction of sp³-hybridized carbons (Fsp3) is 0.500. The summed E-state index contributed by atoms with van der Waals surface area (Å²) in [5.41, 5.74) is 1.08. The van der Waals surface area contributed by atoms with Crippen LogP contribution in [0.25, 0.3) is 0 Å². The summed E-state index contributed by atoms with van der Waals surface area (Å²) in [4.78, 5) is 3.95. The largest absolute Gasteiger partial charge is 0.381 e. The molecule has 13 heavy (non-hydrogen) atoms. The Labute approximate surface area is 84.3 Å². The summed E-state index contributed by atoms with van der Waals surface area (Å²) in [7, 11) is 0. The molecule has 72 valence electrons. The van der Waals surface area contributed by atoms with Crippen LogP contribution in [-0.2, 0) is 0 Å². The predicted octanol–water partition coefficient (Wildman–Crippen LogP) is 2.76. The lowest BCUT2D eigenvalue weighted by Gasteiger charge is -2.20. The first-order valence-corrected chi connectivity index (χ1v) is 5.00. The van der Waals surface area contributed by atoms with Crippen LogP contribution in [0, 0.1) is 5.92 Å². The number of nitrogens with zero attached hydrogens (tertiary/aromatic N) is 1. The molecule has 0 saturated carbocycles. The number of rotatable bonds is 4. The van der Waals surface area contributed by atoms with Gasteiger partial charge in [0.05, 0.1) is 0 Å². The van der Waals surface area contributed by atoms with Gasteiger partial charge < -0.3 is 5.32 Å². The van der Waals surface area contributed by atoms with E-state index in [0.717, 1.165) is 5.69 Å². The van der Waals surface area contributed by atoms with Crippen LogP contribution >= 0.6 is 11.6 Å². The summed E-state index contributed by atoms with van der Waals surface area (Å²) in [5.74, 6) is 1.16. The van der Waals surface area contributed by atoms with E-state index < -0.39 is 0 Å². The number of pyridine rings is 1. The number of hydrogen-bond donors (Lipinski definition) is 1. The first-order valence-electron chi connectivity index (χ1n) is 4.46. The minimum absolute atomic E-state index is 0.323. The van der Waals surface area contributed by atoms with E-state index in [2.05, 4.69) is 24.1 Å². The molecule has 1 atom stereocenters. The molecule has 1 aromatic rings. The van der Waals surface area contributed by atoms with Crippen LogP contribution in [0.2, 0.25) is 0 Å². The summed E-state index contributed by atoms with van der Waals surface area (Å²) in [6, 6.07) is 4.22. The maximum Gasteiger partial charge on any atom is 0.0428 e. The molecule has 0 aliphatic rings. The van der Waals surface area contributed by atoms with Crippen molar-refractivity contribution in [3.8, 4) is 0 Å². The average Bonchev–Trinajstić information content (AvgIpc) is 2.15. The van der Waals surface area contributed by atoms with Crippen LogP contribution in [0.4, 0.5) is 5.69 Å². The van der Waals surface area contributed by atoms with Crippen molar-refractivity contribution in [2.24, 2.45) is 5.92 Å². The van der Waals surface area contributed by atoms with Gasteiger partial charge in [0.1, 0.15) is 0 Å². The molecule has 2 nitrogen and oxygen atoms in total. The van der Waals surface area contributed by atoms with Gasteiger partial charge in [0.25, 0.3) is 0 Å². The molecular formula is C10H15ClN2. The highest BCUT2D eigenvalue weighted by atomic mass is 35.5. The number of aromatic nitrogens is 1. The summed E-state index contributed by atoms with van der Waals surface area (Å²) >= 11 is 5.83. The van der Waals surface area contributed by atoms with Crippen molar-refractivity contribution in [3.63, 3.8) is 0 Å². The number of hydrogen-bond acceptors (Lipinski definition) is 2. The number of anilines is 1. The Kier molecular flexibility index (Phi) is 4.03. The molecule has 3 heteroatoms. The zero-order chi connectivity index (χ0) is 9.68. The van der Waals surface area contributed by atoms with Crippen molar-refractivity contribution in [1.29, 1.82) is 0 Å². The number of nitrogens with one attached hydrogen (secondary N) is 1. The second-order valence-electron chi connectivity index (χ2n) is 3.39. The Balaban J connectivity index is 2.57. The molecule has 0 amide bonds. The summed E-state index contributed by atoms with van der Waals surface area (Å²) in [6.07, 6.45) is 3.54. The van der Waals surface area contributed by atoms with Crippen LogP contribution in [-0.4, -0.2) is 16.9 Å². The highest BCUT2D eigenvalue weighted by Crippen LogP contribution is 2.12. The Morgan fingerprint density at radius 2 is 2.00 bits per heavy atom. The number of halogens is 1. The Bertz CT molecular complexity index is 236. The molecule has 0 aliphatic carbocycles. The fourth-order valence-electron chi connectivity index (χ4n) is 1.05. The molecule has 0 bridgehead atoms. The smallest absolute Gasteiger partial charge is 0.0428 e. The average molecular weight is 199 g/mol. The highest BCUT2D eigenvalue weighted by molar-refractivity contribution is 6.18. The van der Waals surface area contributed by atoms with E-state index in [0.29, 0.717) is 17.8 Å². The van der Waals surface area contributed by atoms with Gasteiger partial charge in [0, 0.05) is 30.0 Å². The molecule has 0 aromatic carbocycles. The molecule has 1 aromatic heterocycles. The first-order chi connectivity index (χ1) is 6.24. The third kappa shape index (κ3) is 3.23. The highest BCUT2D eigenvalue weighted by Gasteiger charge is 2.10. The Hall–Kier alpha value is -0.760. The van der Waals surface area contributed by atoms with E-state index in [4.69, 9.17) is 11.6 Å². The van der Waals surface area contributed by atoms with Gasteiger partial charge in [0.2, 0.25) is 0 Å². The van der Waals surface area contributed by atoms with Crippen molar-refractivity contribution >= 4 is 17.3 Å². The van der Waals surface area contributed by atoms with Crippen LogP contribution in [0.3, 0.4) is 0 Å². The number of alkyl halides is 1. The predicted molar refractivity (Wildman–Crippen MR) is 57.2 cm³/mol. The summed E-state index contributed by atoms with van der Waals surface area (Å²) in [5, 5.41) is 3.36. The minimum atomic E-state index is 0.323. The van der Waals surface area contributed by atoms with Gasteiger partial charge in [0.15, 0.2) is 0 Å². The second kappa shape index (κ2) is 5.07. The third-order valence-corrected chi connectivity index (χ3v) is 2.34. The second-order valence-corrected chi connectivity index (χ2v) is 3.69. The zero-order valence-electron chi connectivity index (χ0n) is 8.00. The summed E-state index contributed by atoms with van der Waals surface area (Å²) in [6.45, 7) is 4.31. The van der Waals surface area contributed by atoms with Crippen molar-refractivity contribution < 1.29 is 0 Å². The molecule has 1 rings (SSSR count). The summed E-state index contributed by atoms with van der Waals surface area (Å²) < 4.78 is 0. The van der Waals surface area contributed by atoms with Crippen molar-refractivity contribution in [2.75, 3.05) is 11.2 Å². The molecular weight excluding hydrogens is 184 g/mol. The van der Waals surface area contributed by atoms with Crippen molar-refractivity contribution in [1.82, 2.24) is 4.98 Å². The molecule has 0 radical (unpaired) electrons. The third-order valence-electron chi connectivity index (χ3n) is 2.00. The Morgan fingerprint density at radius 1 is 1.38 bits per heavy atom. The monoisotopic (exact) mass is 198 g/mol. The quantitative estimate of drug-likeness (QED) is 0.753. The van der Waals surface area contributed by atoms with E-state index in [1.54, 1.807) is 12.4 Å². The molecule has 0 fully saturated rings. The lowest BCUT2D eigenvalue weighted by Crippen LogP contribution is -2.27. The van der Waals surface area contributed by atoms with Gasteiger partial charge in [-0.1, -0.05) is 13.8 Å². The first kappa shape index (κ1) is 10.3. The van der Waals surface area contributed by atoms with E-state index in [-0.39, 0.29) is 0 Å². The maximum atomic E-state index is 5.83. The van der Waals surface area contributed by atoms with Gasteiger partial charge in [-0.25, -0.2) is 0 Å². The zero-order valence-corrected chi connectivity index (χ0v) is 8.75. The molecule has 1 N–H and O–H groups in total. The maximum absolute atomic E-state index is 5.83. The topological polar surface area (TPSA) is 24.9 Å². The van der Waals surface area contributed by atoms with Gasteiger partial charge in [-0.2, -0.15) is 0 Å². The van der Waals surface area contributed by atoms with Crippen LogP contribution in [0.1, 0.15) is 13.8 Å². The minimum Gasteiger partial charge on any atom is -0.381 e. The van der Waals surface area contributed by atoms with Crippen LogP contribution < -0.4 is 5.32 Å². The van der Waals surface area contributed by atoms with Gasteiger partial charge in [-0.05, 0) is 18.1 Å². The fourth-order valence-corrected chi connectivity index (χ4v) is 1.48. The van der Waals surface area contributed by atoms with E-state index in [9.17, 15) is 0 Å². The SMILES string of the molecule is CC(C)C(CCl)Nc1ccncc1. The van der Waals surface area contributed by atoms with Crippen LogP contribution in [0.15, 0.2) is 24.5 Å². The molecule has 1 heterocycles.